The highest BCUT2D eigenvalue weighted by atomic mass is 79.9. The molecule has 0 aromatic heterocycles. The lowest BCUT2D eigenvalue weighted by molar-refractivity contribution is 0.0696. The Hall–Kier alpha value is -0.850. The molecule has 3 nitrogen and oxygen atoms in total. The van der Waals surface area contributed by atoms with Crippen molar-refractivity contribution in [2.45, 2.75) is 6.61 Å². The van der Waals surface area contributed by atoms with Crippen LogP contribution in [0, 0.1) is 0 Å². The molecule has 2 aromatic rings. The van der Waals surface area contributed by atoms with E-state index in [9.17, 15) is 4.79 Å². The van der Waals surface area contributed by atoms with E-state index in [0.29, 0.717) is 21.3 Å². The molecule has 0 aliphatic rings. The molecular formula is C14H9Br3O3. The van der Waals surface area contributed by atoms with Gasteiger partial charge in [0.05, 0.1) is 14.5 Å². The van der Waals surface area contributed by atoms with Crippen molar-refractivity contribution in [3.05, 3.63) is 60.9 Å². The van der Waals surface area contributed by atoms with Gasteiger partial charge in [0.1, 0.15) is 12.4 Å². The zero-order valence-corrected chi connectivity index (χ0v) is 14.8. The van der Waals surface area contributed by atoms with E-state index >= 15 is 0 Å². The first-order valence-corrected chi connectivity index (χ1v) is 7.95. The molecule has 0 saturated carbocycles. The smallest absolute Gasteiger partial charge is 0.335 e. The molecule has 0 spiro atoms. The van der Waals surface area contributed by atoms with E-state index in [2.05, 4.69) is 47.8 Å². The average molecular weight is 465 g/mol. The van der Waals surface area contributed by atoms with Crippen LogP contribution in [0.3, 0.4) is 0 Å². The van der Waals surface area contributed by atoms with Crippen molar-refractivity contribution in [2.75, 3.05) is 0 Å². The van der Waals surface area contributed by atoms with Gasteiger partial charge in [-0.25, -0.2) is 4.79 Å². The largest absolute Gasteiger partial charge is 0.487 e. The van der Waals surface area contributed by atoms with Crippen LogP contribution in [0.2, 0.25) is 0 Å². The summed E-state index contributed by atoms with van der Waals surface area (Å²) >= 11 is 10.0. The molecule has 0 fully saturated rings. The van der Waals surface area contributed by atoms with Crippen molar-refractivity contribution in [3.8, 4) is 5.75 Å². The van der Waals surface area contributed by atoms with E-state index in [1.165, 1.54) is 12.1 Å². The minimum Gasteiger partial charge on any atom is -0.487 e. The van der Waals surface area contributed by atoms with Crippen LogP contribution in [0.5, 0.6) is 5.75 Å². The Bertz CT molecular complexity index is 616. The van der Waals surface area contributed by atoms with Crippen LogP contribution in [-0.4, -0.2) is 11.1 Å². The minimum atomic E-state index is -0.981. The summed E-state index contributed by atoms with van der Waals surface area (Å²) in [6, 6.07) is 10.8. The topological polar surface area (TPSA) is 46.5 Å². The second kappa shape index (κ2) is 6.74. The fourth-order valence-electron chi connectivity index (χ4n) is 1.56. The number of carboxylic acids is 1. The number of rotatable bonds is 4. The number of aromatic carboxylic acids is 1. The van der Waals surface area contributed by atoms with Gasteiger partial charge >= 0.3 is 5.97 Å². The minimum absolute atomic E-state index is 0.194. The number of halogens is 3. The van der Waals surface area contributed by atoms with E-state index in [-0.39, 0.29) is 5.56 Å². The molecule has 0 bridgehead atoms. The first-order chi connectivity index (χ1) is 9.47. The first-order valence-electron chi connectivity index (χ1n) is 5.57. The zero-order valence-electron chi connectivity index (χ0n) is 10.1. The highest BCUT2D eigenvalue weighted by Gasteiger charge is 2.12. The van der Waals surface area contributed by atoms with Crippen molar-refractivity contribution >= 4 is 53.8 Å². The predicted molar refractivity (Wildman–Crippen MR) is 87.3 cm³/mol. The van der Waals surface area contributed by atoms with Crippen LogP contribution in [0.1, 0.15) is 15.9 Å². The molecule has 2 rings (SSSR count). The van der Waals surface area contributed by atoms with Crippen LogP contribution in [-0.2, 0) is 6.61 Å². The standard InChI is InChI=1S/C14H9Br3O3/c15-10-3-1-8(2-4-10)7-20-13-11(16)5-9(14(18)19)6-12(13)17/h1-6H,7H2,(H,18,19). The van der Waals surface area contributed by atoms with Crippen molar-refractivity contribution < 1.29 is 14.6 Å². The molecular weight excluding hydrogens is 456 g/mol. The molecule has 104 valence electrons. The van der Waals surface area contributed by atoms with E-state index in [0.717, 1.165) is 10.0 Å². The Morgan fingerprint density at radius 1 is 1.05 bits per heavy atom. The summed E-state index contributed by atoms with van der Waals surface area (Å²) in [5.74, 6) is -0.399. The third kappa shape index (κ3) is 3.84. The highest BCUT2D eigenvalue weighted by Crippen LogP contribution is 2.35. The number of hydrogen-bond donors (Lipinski definition) is 1. The molecule has 0 saturated heterocycles. The molecule has 1 N–H and O–H groups in total. The molecule has 0 heterocycles. The van der Waals surface area contributed by atoms with Crippen molar-refractivity contribution in [1.29, 1.82) is 0 Å². The molecule has 0 radical (unpaired) electrons. The lowest BCUT2D eigenvalue weighted by Crippen LogP contribution is -2.00. The summed E-state index contributed by atoms with van der Waals surface area (Å²) in [6.07, 6.45) is 0. The van der Waals surface area contributed by atoms with Crippen LogP contribution < -0.4 is 4.74 Å². The maximum absolute atomic E-state index is 10.9. The molecule has 20 heavy (non-hydrogen) atoms. The highest BCUT2D eigenvalue weighted by molar-refractivity contribution is 9.11. The second-order valence-corrected chi connectivity index (χ2v) is 6.61. The lowest BCUT2D eigenvalue weighted by Gasteiger charge is -2.11. The summed E-state index contributed by atoms with van der Waals surface area (Å²) in [4.78, 5) is 10.9. The Morgan fingerprint density at radius 2 is 1.60 bits per heavy atom. The van der Waals surface area contributed by atoms with Crippen LogP contribution in [0.15, 0.2) is 49.8 Å². The maximum Gasteiger partial charge on any atom is 0.335 e. The maximum atomic E-state index is 10.9. The van der Waals surface area contributed by atoms with Gasteiger partial charge in [-0.1, -0.05) is 28.1 Å². The average Bonchev–Trinajstić information content (AvgIpc) is 2.39. The quantitative estimate of drug-likeness (QED) is 0.672. The SMILES string of the molecule is O=C(O)c1cc(Br)c(OCc2ccc(Br)cc2)c(Br)c1. The monoisotopic (exact) mass is 462 g/mol. The summed E-state index contributed by atoms with van der Waals surface area (Å²) in [6.45, 7) is 0.400. The van der Waals surface area contributed by atoms with Gasteiger partial charge in [-0.3, -0.25) is 0 Å². The fourth-order valence-corrected chi connectivity index (χ4v) is 3.24. The Labute approximate surface area is 141 Å². The van der Waals surface area contributed by atoms with Crippen molar-refractivity contribution in [3.63, 3.8) is 0 Å². The molecule has 6 heteroatoms. The molecule has 2 aromatic carbocycles. The molecule has 0 aliphatic carbocycles. The van der Waals surface area contributed by atoms with Crippen molar-refractivity contribution in [1.82, 2.24) is 0 Å². The van der Waals surface area contributed by atoms with Gasteiger partial charge in [0.15, 0.2) is 0 Å². The third-order valence-electron chi connectivity index (χ3n) is 2.54. The van der Waals surface area contributed by atoms with Crippen molar-refractivity contribution in [2.24, 2.45) is 0 Å². The number of benzene rings is 2. The number of hydrogen-bond acceptors (Lipinski definition) is 2. The van der Waals surface area contributed by atoms with E-state index in [1.807, 2.05) is 24.3 Å². The summed E-state index contributed by atoms with van der Waals surface area (Å²) in [5, 5.41) is 8.97. The van der Waals surface area contributed by atoms with Gasteiger partial charge in [0.25, 0.3) is 0 Å². The molecule has 0 aliphatic heterocycles. The normalized spacial score (nSPS) is 10.3. The number of carbonyl (C=O) groups is 1. The Kier molecular flexibility index (Phi) is 5.23. The van der Waals surface area contributed by atoms with E-state index in [1.54, 1.807) is 0 Å². The van der Waals surface area contributed by atoms with Crippen LogP contribution in [0.25, 0.3) is 0 Å². The predicted octanol–water partition coefficient (Wildman–Crippen LogP) is 5.25. The number of carboxylic acid groups (broad SMARTS) is 1. The van der Waals surface area contributed by atoms with Gasteiger partial charge in [-0.15, -0.1) is 0 Å². The van der Waals surface area contributed by atoms with E-state index < -0.39 is 5.97 Å². The summed E-state index contributed by atoms with van der Waals surface area (Å²) in [5.41, 5.74) is 1.22. The van der Waals surface area contributed by atoms with Gasteiger partial charge in [0, 0.05) is 4.47 Å². The van der Waals surface area contributed by atoms with Crippen LogP contribution >= 0.6 is 47.8 Å². The zero-order chi connectivity index (χ0) is 14.7. The summed E-state index contributed by atoms with van der Waals surface area (Å²) < 4.78 is 7.93. The summed E-state index contributed by atoms with van der Waals surface area (Å²) in [7, 11) is 0. The Morgan fingerprint density at radius 3 is 2.10 bits per heavy atom. The Balaban J connectivity index is 2.17. The lowest BCUT2D eigenvalue weighted by atomic mass is 10.2. The van der Waals surface area contributed by atoms with Gasteiger partial charge < -0.3 is 9.84 Å². The van der Waals surface area contributed by atoms with Gasteiger partial charge in [-0.05, 0) is 61.7 Å². The first kappa shape index (κ1) is 15.5. The number of ether oxygens (including phenoxy) is 1. The van der Waals surface area contributed by atoms with Gasteiger partial charge in [-0.2, -0.15) is 0 Å². The third-order valence-corrected chi connectivity index (χ3v) is 4.25. The van der Waals surface area contributed by atoms with Gasteiger partial charge in [0.2, 0.25) is 0 Å². The molecule has 0 unspecified atom stereocenters. The fraction of sp³-hybridized carbons (Fsp3) is 0.0714. The second-order valence-electron chi connectivity index (χ2n) is 3.99. The van der Waals surface area contributed by atoms with E-state index in [4.69, 9.17) is 9.84 Å². The molecule has 0 amide bonds. The van der Waals surface area contributed by atoms with Crippen LogP contribution in [0.4, 0.5) is 0 Å². The molecule has 0 atom stereocenters.